The van der Waals surface area contributed by atoms with E-state index in [0.29, 0.717) is 0 Å². The van der Waals surface area contributed by atoms with Crippen LogP contribution in [0.5, 0.6) is 0 Å². The number of amides is 2. The molecule has 0 saturated carbocycles. The minimum Gasteiger partial charge on any atom is -0.462 e. The number of nitrogens with two attached hydrogens (primary N) is 1. The molecule has 4 aliphatic rings. The number of rotatable bonds is 6. The molecule has 0 aromatic carbocycles. The standard InChI is InChI=1S/C53H85N3O22/c1-28-17-15-13-11-9-7-5-6-8-10-12-14-16-18-35(75-50-47(68)42(54)45(66)31(4)74-50)24-39-43(55-52(71)56-78-51-49(70)48(69)46(67)40(27-57)76-51)38(63)26-53(72,77-39)25-34(60)22-37(62)36(61)20-19-32(58)21-33(59)23-41(64)73-30(3)29(2)44(28)65/h5-18,28-40,42-51,57-63,65-70,72H,19-27,54H2,1-4H3,(H2,55,56,71)/b6-5+,9-7+,10-8+,13-11+,14-12+,17-15+,18-16+/t28-,29-,30-,31+,32+,33+,34-,35-,36+,37+,38-,39-,40?,42-,43+,44+,45+,46+,47-,48?,49?,50-,51-,53+/m0/s1. The van der Waals surface area contributed by atoms with E-state index in [1.807, 2.05) is 12.4 Å². The van der Waals surface area contributed by atoms with Crippen LogP contribution < -0.4 is 16.5 Å². The number of cyclic esters (lactones) is 1. The zero-order valence-electron chi connectivity index (χ0n) is 44.3. The Morgan fingerprint density at radius 1 is 0.641 bits per heavy atom. The summed E-state index contributed by atoms with van der Waals surface area (Å²) in [6.45, 7) is 5.89. The number of allylic oxidation sites excluding steroid dienone is 12. The van der Waals surface area contributed by atoms with Crippen LogP contribution in [-0.2, 0) is 33.3 Å². The first-order valence-electron chi connectivity index (χ1n) is 26.3. The molecule has 2 amide bonds. The number of nitrogens with one attached hydrogen (secondary N) is 2. The largest absolute Gasteiger partial charge is 0.462 e. The van der Waals surface area contributed by atoms with E-state index >= 15 is 0 Å². The molecule has 0 aromatic rings. The van der Waals surface area contributed by atoms with Crippen LogP contribution in [0.15, 0.2) is 85.1 Å². The van der Waals surface area contributed by atoms with Crippen molar-refractivity contribution in [2.75, 3.05) is 6.61 Å². The highest BCUT2D eigenvalue weighted by molar-refractivity contribution is 5.73. The smallest absolute Gasteiger partial charge is 0.339 e. The van der Waals surface area contributed by atoms with Crippen LogP contribution >= 0.6 is 0 Å². The van der Waals surface area contributed by atoms with Crippen molar-refractivity contribution >= 4 is 12.0 Å². The van der Waals surface area contributed by atoms with Gasteiger partial charge in [0.2, 0.25) is 6.29 Å². The van der Waals surface area contributed by atoms with Crippen LogP contribution in [0.3, 0.4) is 0 Å². The van der Waals surface area contributed by atoms with Gasteiger partial charge in [-0.3, -0.25) is 4.79 Å². The fourth-order valence-corrected chi connectivity index (χ4v) is 9.29. The zero-order chi connectivity index (χ0) is 57.9. The molecule has 4 heterocycles. The van der Waals surface area contributed by atoms with Crippen molar-refractivity contribution < 1.29 is 110 Å². The highest BCUT2D eigenvalue weighted by atomic mass is 16.8. The Kier molecular flexibility index (Phi) is 27.8. The van der Waals surface area contributed by atoms with Crippen molar-refractivity contribution in [1.29, 1.82) is 0 Å². The van der Waals surface area contributed by atoms with Crippen molar-refractivity contribution in [3.05, 3.63) is 85.1 Å². The van der Waals surface area contributed by atoms with Crippen LogP contribution in [0.2, 0.25) is 0 Å². The maximum Gasteiger partial charge on any atom is 0.339 e. The first kappa shape index (κ1) is 66.6. The number of hydrogen-bond acceptors (Lipinski definition) is 23. The van der Waals surface area contributed by atoms with E-state index < -0.39 is 184 Å². The number of carbonyl (C=O) groups is 2. The third-order valence-corrected chi connectivity index (χ3v) is 14.2. The molecule has 444 valence electrons. The topological polar surface area (TPSA) is 423 Å². The molecule has 3 fully saturated rings. The fraction of sp³-hybridized carbons (Fsp3) is 0.698. The van der Waals surface area contributed by atoms with E-state index in [0.717, 1.165) is 0 Å². The van der Waals surface area contributed by atoms with Gasteiger partial charge in [0.05, 0.1) is 92.3 Å². The van der Waals surface area contributed by atoms with Gasteiger partial charge in [-0.1, -0.05) is 98.9 Å². The van der Waals surface area contributed by atoms with Gasteiger partial charge in [-0.2, -0.15) is 0 Å². The molecule has 78 heavy (non-hydrogen) atoms. The van der Waals surface area contributed by atoms with Crippen LogP contribution in [0.1, 0.15) is 79.1 Å². The van der Waals surface area contributed by atoms with Gasteiger partial charge in [0, 0.05) is 37.5 Å². The summed E-state index contributed by atoms with van der Waals surface area (Å²) >= 11 is 0. The van der Waals surface area contributed by atoms with Gasteiger partial charge in [0.1, 0.15) is 36.6 Å². The lowest BCUT2D eigenvalue weighted by Gasteiger charge is -2.46. The number of esters is 1. The molecule has 4 rings (SSSR count). The Morgan fingerprint density at radius 3 is 1.86 bits per heavy atom. The summed E-state index contributed by atoms with van der Waals surface area (Å²) in [5.41, 5.74) is 8.05. The van der Waals surface area contributed by atoms with Crippen LogP contribution in [0, 0.1) is 11.8 Å². The molecule has 2 bridgehead atoms. The highest BCUT2D eigenvalue weighted by Crippen LogP contribution is 2.35. The number of carbonyl (C=O) groups excluding carboxylic acids is 2. The zero-order valence-corrected chi connectivity index (χ0v) is 44.3. The third-order valence-electron chi connectivity index (χ3n) is 14.2. The van der Waals surface area contributed by atoms with E-state index in [1.165, 1.54) is 13.0 Å². The molecule has 0 radical (unpaired) electrons. The molecule has 0 spiro atoms. The number of ether oxygens (including phenoxy) is 5. The number of hydrogen-bond donors (Lipinski definition) is 17. The molecule has 25 nitrogen and oxygen atoms in total. The molecule has 4 aliphatic heterocycles. The quantitative estimate of drug-likeness (QED) is 0.0959. The molecular weight excluding hydrogens is 1030 g/mol. The van der Waals surface area contributed by atoms with E-state index in [4.69, 9.17) is 34.3 Å². The van der Waals surface area contributed by atoms with Crippen LogP contribution in [0.25, 0.3) is 0 Å². The first-order valence-corrected chi connectivity index (χ1v) is 26.3. The normalized spacial score (nSPS) is 45.8. The molecule has 3 saturated heterocycles. The van der Waals surface area contributed by atoms with Crippen molar-refractivity contribution in [1.82, 2.24) is 10.8 Å². The van der Waals surface area contributed by atoms with Gasteiger partial charge in [-0.15, -0.1) is 0 Å². The lowest BCUT2D eigenvalue weighted by molar-refractivity contribution is -0.312. The first-order chi connectivity index (χ1) is 36.8. The van der Waals surface area contributed by atoms with Crippen molar-refractivity contribution in [2.45, 2.75) is 213 Å². The summed E-state index contributed by atoms with van der Waals surface area (Å²) in [6, 6.07) is -3.87. The summed E-state index contributed by atoms with van der Waals surface area (Å²) in [5.74, 6) is -3.96. The fourth-order valence-electron chi connectivity index (χ4n) is 9.29. The molecule has 3 unspecified atom stereocenters. The number of urea groups is 1. The van der Waals surface area contributed by atoms with Gasteiger partial charge >= 0.3 is 12.0 Å². The lowest BCUT2D eigenvalue weighted by atomic mass is 9.87. The Balaban J connectivity index is 1.62. The number of hydroxylamine groups is 1. The predicted molar refractivity (Wildman–Crippen MR) is 276 cm³/mol. The maximum absolute atomic E-state index is 13.4. The van der Waals surface area contributed by atoms with E-state index in [2.05, 4.69) is 5.32 Å². The molecule has 0 aromatic heterocycles. The minimum absolute atomic E-state index is 0.150. The van der Waals surface area contributed by atoms with Gasteiger partial charge in [-0.25, -0.2) is 15.1 Å². The van der Waals surface area contributed by atoms with Crippen LogP contribution in [-0.4, -0.2) is 224 Å². The Hall–Kier alpha value is -3.88. The summed E-state index contributed by atoms with van der Waals surface area (Å²) in [4.78, 5) is 31.3. The average molecular weight is 1120 g/mol. The summed E-state index contributed by atoms with van der Waals surface area (Å²) < 4.78 is 28.9. The van der Waals surface area contributed by atoms with Gasteiger partial charge in [-0.05, 0) is 33.1 Å². The van der Waals surface area contributed by atoms with Gasteiger partial charge in [0.15, 0.2) is 12.1 Å². The molecule has 25 heteroatoms. The summed E-state index contributed by atoms with van der Waals surface area (Å²) in [6.07, 6.45) is -6.57. The number of fused-ring (bicyclic) bond motifs is 2. The summed E-state index contributed by atoms with van der Waals surface area (Å²) in [7, 11) is 0. The highest BCUT2D eigenvalue weighted by Gasteiger charge is 2.50. The van der Waals surface area contributed by atoms with E-state index in [1.54, 1.807) is 92.8 Å². The van der Waals surface area contributed by atoms with Gasteiger partial charge in [0.25, 0.3) is 0 Å². The van der Waals surface area contributed by atoms with Crippen LogP contribution in [0.4, 0.5) is 4.79 Å². The average Bonchev–Trinajstić information content (AvgIpc) is 3.40. The second kappa shape index (κ2) is 32.5. The Labute approximate surface area is 453 Å². The molecule has 0 aliphatic carbocycles. The Bertz CT molecular complexity index is 2020. The number of aliphatic hydroxyl groups is 14. The third kappa shape index (κ3) is 20.9. The monoisotopic (exact) mass is 1120 g/mol. The maximum atomic E-state index is 13.4. The SMILES string of the molecule is C[C@@H]1[C@H](O)[C@@H](C)/C=C/C=C/C=C/C=C/C=C/C=C/C=C/[C@H](O[C@@H]2O[C@H](C)[C@@H](O)[C@H](N)[C@@H]2O)C[C@@H]2O[C@](O)(C[C@@H](O)C[C@@H](O)[C@H](O)CC[C@@H](O)C[C@@H](O)CC(=O)O[C@H]1C)C[C@H](O)[C@H]2NC(=O)NO[C@@H]1OC(CO)[C@@H](O)C(O)C1O. The van der Waals surface area contributed by atoms with E-state index in [-0.39, 0.29) is 31.6 Å². The second-order valence-corrected chi connectivity index (χ2v) is 20.6. The van der Waals surface area contributed by atoms with Crippen molar-refractivity contribution in [2.24, 2.45) is 17.6 Å². The lowest BCUT2D eigenvalue weighted by Crippen LogP contribution is -2.64. The Morgan fingerprint density at radius 2 is 1.24 bits per heavy atom. The van der Waals surface area contributed by atoms with E-state index in [9.17, 15) is 81.1 Å². The predicted octanol–water partition coefficient (Wildman–Crippen LogP) is -2.59. The molecular formula is C53H85N3O22. The minimum atomic E-state index is -2.41. The second-order valence-electron chi connectivity index (χ2n) is 20.6. The van der Waals surface area contributed by atoms with Crippen molar-refractivity contribution in [3.8, 4) is 0 Å². The van der Waals surface area contributed by atoms with Crippen molar-refractivity contribution in [3.63, 3.8) is 0 Å². The number of aliphatic hydroxyl groups excluding tert-OH is 13. The van der Waals surface area contributed by atoms with Gasteiger partial charge < -0.3 is 106 Å². The summed E-state index contributed by atoms with van der Waals surface area (Å²) in [5, 5.41) is 153. The molecule has 18 N–H and O–H groups in total. The molecule has 24 atom stereocenters.